The van der Waals surface area contributed by atoms with E-state index in [1.807, 2.05) is 18.2 Å². The van der Waals surface area contributed by atoms with E-state index in [-0.39, 0.29) is 23.4 Å². The number of methoxy groups -OCH3 is 1. The number of ether oxygens (including phenoxy) is 2. The van der Waals surface area contributed by atoms with Crippen LogP contribution in [0.15, 0.2) is 36.4 Å². The highest BCUT2D eigenvalue weighted by molar-refractivity contribution is 5.75. The van der Waals surface area contributed by atoms with Crippen LogP contribution in [0.2, 0.25) is 0 Å². The van der Waals surface area contributed by atoms with Crippen LogP contribution in [0.1, 0.15) is 44.6 Å². The van der Waals surface area contributed by atoms with Crippen LogP contribution < -0.4 is 10.1 Å². The number of para-hydroxylation sites is 1. The number of hydrogen-bond acceptors (Lipinski definition) is 3. The number of quaternary nitrogens is 1. The number of rotatable bonds is 5. The van der Waals surface area contributed by atoms with Crippen molar-refractivity contribution in [2.45, 2.75) is 51.7 Å². The minimum Gasteiger partial charge on any atom is -0.496 e. The van der Waals surface area contributed by atoms with Gasteiger partial charge in [-0.2, -0.15) is 0 Å². The van der Waals surface area contributed by atoms with Gasteiger partial charge in [0, 0.05) is 11.5 Å². The van der Waals surface area contributed by atoms with Crippen molar-refractivity contribution >= 4 is 5.97 Å². The van der Waals surface area contributed by atoms with Crippen LogP contribution >= 0.6 is 0 Å². The summed E-state index contributed by atoms with van der Waals surface area (Å²) in [5, 5.41) is 2.23. The van der Waals surface area contributed by atoms with Crippen LogP contribution in [0.5, 0.6) is 5.75 Å². The summed E-state index contributed by atoms with van der Waals surface area (Å²) in [7, 11) is 1.70. The summed E-state index contributed by atoms with van der Waals surface area (Å²) in [6.07, 6.45) is 5.80. The highest BCUT2D eigenvalue weighted by atomic mass is 16.6. The molecule has 0 bridgehead atoms. The van der Waals surface area contributed by atoms with E-state index in [1.54, 1.807) is 7.11 Å². The summed E-state index contributed by atoms with van der Waals surface area (Å²) in [5.74, 6) is 1.82. The Bertz CT molecular complexity index is 730. The summed E-state index contributed by atoms with van der Waals surface area (Å²) >= 11 is 0. The molecule has 3 aliphatic rings. The van der Waals surface area contributed by atoms with Crippen molar-refractivity contribution in [3.63, 3.8) is 0 Å². The van der Waals surface area contributed by atoms with E-state index < -0.39 is 0 Å². The Kier molecular flexibility index (Phi) is 5.02. The van der Waals surface area contributed by atoms with Gasteiger partial charge in [0.1, 0.15) is 24.3 Å². The Hall–Kier alpha value is -1.81. The van der Waals surface area contributed by atoms with Crippen molar-refractivity contribution in [2.75, 3.05) is 13.7 Å². The van der Waals surface area contributed by atoms with Crippen LogP contribution in [-0.4, -0.2) is 25.7 Å². The van der Waals surface area contributed by atoms with Crippen LogP contribution in [0.4, 0.5) is 0 Å². The Balaban J connectivity index is 1.42. The summed E-state index contributed by atoms with van der Waals surface area (Å²) in [5.41, 5.74) is 2.84. The smallest absolute Gasteiger partial charge is 0.315 e. The van der Waals surface area contributed by atoms with Gasteiger partial charge in [0.05, 0.1) is 13.7 Å². The normalized spacial score (nSPS) is 35.3. The fourth-order valence-electron chi connectivity index (χ4n) is 5.82. The standard InChI is InChI=1S/C23H31NO3/c1-15-7-6-10-23(2)12-21-17(11-19(15)23)18(22(25)27-21)14-24-13-16-8-4-5-9-20(16)26-3/h4-5,8-9,17-19,21,24H,1,6-7,10-14H2,2-3H3/p+1/t17-,18-,19+,21+,23-/m0/s1. The first-order chi connectivity index (χ1) is 13.0. The Morgan fingerprint density at radius 1 is 1.37 bits per heavy atom. The molecule has 5 atom stereocenters. The molecule has 2 N–H and O–H groups in total. The average molecular weight is 371 g/mol. The molecule has 4 heteroatoms. The lowest BCUT2D eigenvalue weighted by atomic mass is 9.55. The highest BCUT2D eigenvalue weighted by Crippen LogP contribution is 2.56. The second-order valence-electron chi connectivity index (χ2n) is 8.94. The summed E-state index contributed by atoms with van der Waals surface area (Å²) in [6.45, 7) is 8.36. The topological polar surface area (TPSA) is 52.1 Å². The molecule has 1 aromatic carbocycles. The molecule has 4 rings (SSSR count). The molecule has 0 spiro atoms. The molecule has 1 heterocycles. The number of fused-ring (bicyclic) bond motifs is 2. The van der Waals surface area contributed by atoms with E-state index >= 15 is 0 Å². The molecule has 1 aromatic rings. The van der Waals surface area contributed by atoms with E-state index in [9.17, 15) is 4.79 Å². The van der Waals surface area contributed by atoms with Gasteiger partial charge in [0.25, 0.3) is 0 Å². The lowest BCUT2D eigenvalue weighted by Gasteiger charge is -2.49. The van der Waals surface area contributed by atoms with Gasteiger partial charge in [-0.05, 0) is 55.6 Å². The zero-order valence-corrected chi connectivity index (χ0v) is 16.6. The van der Waals surface area contributed by atoms with Gasteiger partial charge in [-0.15, -0.1) is 0 Å². The summed E-state index contributed by atoms with van der Waals surface area (Å²) < 4.78 is 11.3. The lowest BCUT2D eigenvalue weighted by Crippen LogP contribution is -2.84. The molecule has 1 saturated heterocycles. The molecule has 1 aliphatic heterocycles. The van der Waals surface area contributed by atoms with Crippen LogP contribution in [0.25, 0.3) is 0 Å². The first kappa shape index (κ1) is 18.5. The second-order valence-corrected chi connectivity index (χ2v) is 8.94. The van der Waals surface area contributed by atoms with E-state index in [4.69, 9.17) is 9.47 Å². The maximum atomic E-state index is 12.6. The number of carbonyl (C=O) groups is 1. The van der Waals surface area contributed by atoms with Gasteiger partial charge in [-0.25, -0.2) is 0 Å². The number of benzene rings is 1. The largest absolute Gasteiger partial charge is 0.496 e. The zero-order chi connectivity index (χ0) is 19.0. The molecule has 2 aliphatic carbocycles. The van der Waals surface area contributed by atoms with Gasteiger partial charge in [-0.1, -0.05) is 31.2 Å². The summed E-state index contributed by atoms with van der Waals surface area (Å²) in [6, 6.07) is 8.09. The van der Waals surface area contributed by atoms with Gasteiger partial charge in [0.15, 0.2) is 0 Å². The van der Waals surface area contributed by atoms with Gasteiger partial charge >= 0.3 is 5.97 Å². The van der Waals surface area contributed by atoms with E-state index in [1.165, 1.54) is 24.0 Å². The molecule has 0 aromatic heterocycles. The monoisotopic (exact) mass is 370 g/mol. The second kappa shape index (κ2) is 7.31. The molecule has 27 heavy (non-hydrogen) atoms. The maximum Gasteiger partial charge on any atom is 0.315 e. The predicted molar refractivity (Wildman–Crippen MR) is 104 cm³/mol. The van der Waals surface area contributed by atoms with E-state index in [0.29, 0.717) is 11.8 Å². The SMILES string of the molecule is C=C1CCC[C@@]2(C)C[C@H]3OC(=O)[C@@H](C[NH2+]Cc4ccccc4OC)[C@@H]3C[C@H]12. The van der Waals surface area contributed by atoms with Crippen molar-refractivity contribution in [2.24, 2.45) is 23.2 Å². The minimum absolute atomic E-state index is 0.00369. The quantitative estimate of drug-likeness (QED) is 0.640. The molecule has 0 unspecified atom stereocenters. The van der Waals surface area contributed by atoms with E-state index in [0.717, 1.165) is 38.1 Å². The molecule has 2 saturated carbocycles. The molecular weight excluding hydrogens is 338 g/mol. The number of carbonyl (C=O) groups excluding carboxylic acids is 1. The maximum absolute atomic E-state index is 12.6. The molecule has 0 amide bonds. The first-order valence-corrected chi connectivity index (χ1v) is 10.3. The fraction of sp³-hybridized carbons (Fsp3) is 0.609. The highest BCUT2D eigenvalue weighted by Gasteiger charge is 2.55. The number of allylic oxidation sites excluding steroid dienone is 1. The molecule has 3 fully saturated rings. The zero-order valence-electron chi connectivity index (χ0n) is 16.6. The van der Waals surface area contributed by atoms with Gasteiger partial charge in [0.2, 0.25) is 0 Å². The van der Waals surface area contributed by atoms with Gasteiger partial charge in [-0.3, -0.25) is 4.79 Å². The van der Waals surface area contributed by atoms with Crippen molar-refractivity contribution < 1.29 is 19.6 Å². The number of nitrogens with two attached hydrogens (primary N) is 1. The molecule has 146 valence electrons. The summed E-state index contributed by atoms with van der Waals surface area (Å²) in [4.78, 5) is 12.6. The van der Waals surface area contributed by atoms with Crippen molar-refractivity contribution in [1.29, 1.82) is 0 Å². The fourth-order valence-corrected chi connectivity index (χ4v) is 5.82. The minimum atomic E-state index is 0.00369. The molecule has 4 nitrogen and oxygen atoms in total. The Morgan fingerprint density at radius 2 is 2.19 bits per heavy atom. The lowest BCUT2D eigenvalue weighted by molar-refractivity contribution is -0.675. The number of esters is 1. The first-order valence-electron chi connectivity index (χ1n) is 10.3. The molecular formula is C23H32NO3+. The van der Waals surface area contributed by atoms with Crippen LogP contribution in [-0.2, 0) is 16.1 Å². The number of hydrogen-bond donors (Lipinski definition) is 1. The van der Waals surface area contributed by atoms with Crippen molar-refractivity contribution in [3.05, 3.63) is 42.0 Å². The van der Waals surface area contributed by atoms with Crippen LogP contribution in [0.3, 0.4) is 0 Å². The van der Waals surface area contributed by atoms with Crippen molar-refractivity contribution in [3.8, 4) is 5.75 Å². The third-order valence-electron chi connectivity index (χ3n) is 7.30. The third kappa shape index (κ3) is 3.40. The van der Waals surface area contributed by atoms with Crippen molar-refractivity contribution in [1.82, 2.24) is 0 Å². The molecule has 0 radical (unpaired) electrons. The Labute approximate surface area is 162 Å². The predicted octanol–water partition coefficient (Wildman–Crippen LogP) is 3.07. The van der Waals surface area contributed by atoms with Gasteiger partial charge < -0.3 is 14.8 Å². The van der Waals surface area contributed by atoms with Crippen LogP contribution in [0, 0.1) is 23.2 Å². The average Bonchev–Trinajstić information content (AvgIpc) is 2.94. The third-order valence-corrected chi connectivity index (χ3v) is 7.30. The van der Waals surface area contributed by atoms with E-state index in [2.05, 4.69) is 24.9 Å². The Morgan fingerprint density at radius 3 is 3.00 bits per heavy atom.